The zero-order valence-electron chi connectivity index (χ0n) is 16.0. The minimum Gasteiger partial charge on any atom is -0.497 e. The van der Waals surface area contributed by atoms with Gasteiger partial charge in [-0.25, -0.2) is 0 Å². The smallest absolute Gasteiger partial charge is 0.228 e. The van der Waals surface area contributed by atoms with E-state index >= 15 is 0 Å². The Kier molecular flexibility index (Phi) is 6.38. The SMILES string of the molecule is COc1cccc(OCCN2CCN(C(=O)C3(C)CCNCC3)CC2)c1. The number of hydrogen-bond donors (Lipinski definition) is 1. The average molecular weight is 361 g/mol. The Labute approximate surface area is 156 Å². The normalized spacial score (nSPS) is 20.6. The van der Waals surface area contributed by atoms with Gasteiger partial charge in [-0.05, 0) is 38.1 Å². The minimum atomic E-state index is -0.178. The number of nitrogens with one attached hydrogen (secondary N) is 1. The summed E-state index contributed by atoms with van der Waals surface area (Å²) < 4.78 is 11.0. The van der Waals surface area contributed by atoms with Crippen molar-refractivity contribution in [1.82, 2.24) is 15.1 Å². The number of amides is 1. The van der Waals surface area contributed by atoms with Crippen LogP contribution in [0.25, 0.3) is 0 Å². The minimum absolute atomic E-state index is 0.178. The zero-order valence-corrected chi connectivity index (χ0v) is 16.0. The van der Waals surface area contributed by atoms with E-state index < -0.39 is 0 Å². The van der Waals surface area contributed by atoms with E-state index in [1.165, 1.54) is 0 Å². The summed E-state index contributed by atoms with van der Waals surface area (Å²) in [5.74, 6) is 1.98. The lowest BCUT2D eigenvalue weighted by molar-refractivity contribution is -0.144. The number of hydrogen-bond acceptors (Lipinski definition) is 5. The lowest BCUT2D eigenvalue weighted by atomic mass is 9.79. The fourth-order valence-electron chi connectivity index (χ4n) is 3.73. The van der Waals surface area contributed by atoms with Crippen LogP contribution in [-0.2, 0) is 4.79 Å². The van der Waals surface area contributed by atoms with Gasteiger partial charge in [0.25, 0.3) is 0 Å². The first-order chi connectivity index (χ1) is 12.6. The molecule has 0 bridgehead atoms. The van der Waals surface area contributed by atoms with E-state index in [9.17, 15) is 4.79 Å². The monoisotopic (exact) mass is 361 g/mol. The molecule has 2 heterocycles. The molecule has 0 radical (unpaired) electrons. The lowest BCUT2D eigenvalue weighted by Gasteiger charge is -2.41. The number of methoxy groups -OCH3 is 1. The van der Waals surface area contributed by atoms with Crippen LogP contribution in [0.3, 0.4) is 0 Å². The Morgan fingerprint density at radius 2 is 1.85 bits per heavy atom. The molecule has 0 aromatic heterocycles. The molecule has 1 aromatic rings. The van der Waals surface area contributed by atoms with Gasteiger partial charge < -0.3 is 19.7 Å². The highest BCUT2D eigenvalue weighted by Crippen LogP contribution is 2.30. The van der Waals surface area contributed by atoms with E-state index in [2.05, 4.69) is 22.0 Å². The second kappa shape index (κ2) is 8.73. The molecule has 1 aromatic carbocycles. The summed E-state index contributed by atoms with van der Waals surface area (Å²) in [6.45, 7) is 9.02. The predicted molar refractivity (Wildman–Crippen MR) is 102 cm³/mol. The van der Waals surface area contributed by atoms with Crippen molar-refractivity contribution < 1.29 is 14.3 Å². The summed E-state index contributed by atoms with van der Waals surface area (Å²) in [6, 6.07) is 7.68. The maximum atomic E-state index is 12.9. The van der Waals surface area contributed by atoms with Gasteiger partial charge in [0.05, 0.1) is 7.11 Å². The number of piperazine rings is 1. The van der Waals surface area contributed by atoms with Gasteiger partial charge in [-0.1, -0.05) is 13.0 Å². The zero-order chi connectivity index (χ0) is 18.4. The van der Waals surface area contributed by atoms with E-state index in [1.807, 2.05) is 24.3 Å². The van der Waals surface area contributed by atoms with Crippen LogP contribution in [0.4, 0.5) is 0 Å². The Bertz CT molecular complexity index is 594. The van der Waals surface area contributed by atoms with Gasteiger partial charge in [-0.15, -0.1) is 0 Å². The number of carbonyl (C=O) groups is 1. The molecule has 26 heavy (non-hydrogen) atoms. The standard InChI is InChI=1S/C20H31N3O3/c1-20(6-8-21-9-7-20)19(24)23-12-10-22(11-13-23)14-15-26-18-5-3-4-17(16-18)25-2/h3-5,16,21H,6-15H2,1-2H3. The predicted octanol–water partition coefficient (Wildman–Crippen LogP) is 1.61. The summed E-state index contributed by atoms with van der Waals surface area (Å²) >= 11 is 0. The van der Waals surface area contributed by atoms with E-state index in [0.717, 1.165) is 70.2 Å². The molecular formula is C20H31N3O3. The van der Waals surface area contributed by atoms with Crippen molar-refractivity contribution in [3.05, 3.63) is 24.3 Å². The number of piperidine rings is 1. The molecule has 2 saturated heterocycles. The van der Waals surface area contributed by atoms with Crippen LogP contribution in [0.2, 0.25) is 0 Å². The summed E-state index contributed by atoms with van der Waals surface area (Å²) in [5, 5.41) is 3.35. The second-order valence-corrected chi connectivity index (χ2v) is 7.47. The van der Waals surface area contributed by atoms with Gasteiger partial charge >= 0.3 is 0 Å². The van der Waals surface area contributed by atoms with Gasteiger partial charge in [0.1, 0.15) is 18.1 Å². The highest BCUT2D eigenvalue weighted by Gasteiger charge is 2.38. The van der Waals surface area contributed by atoms with Crippen molar-refractivity contribution >= 4 is 5.91 Å². The molecule has 0 aliphatic carbocycles. The van der Waals surface area contributed by atoms with Crippen LogP contribution in [0, 0.1) is 5.41 Å². The number of ether oxygens (including phenoxy) is 2. The topological polar surface area (TPSA) is 54.0 Å². The number of carbonyl (C=O) groups excluding carboxylic acids is 1. The molecule has 2 aliphatic heterocycles. The first kappa shape index (κ1) is 19.0. The lowest BCUT2D eigenvalue weighted by Crippen LogP contribution is -2.54. The molecule has 0 spiro atoms. The quantitative estimate of drug-likeness (QED) is 0.834. The molecule has 144 valence electrons. The highest BCUT2D eigenvalue weighted by molar-refractivity contribution is 5.82. The van der Waals surface area contributed by atoms with Crippen LogP contribution in [0.15, 0.2) is 24.3 Å². The summed E-state index contributed by atoms with van der Waals surface area (Å²) in [4.78, 5) is 17.3. The van der Waals surface area contributed by atoms with Crippen molar-refractivity contribution in [3.8, 4) is 11.5 Å². The maximum absolute atomic E-state index is 12.9. The third kappa shape index (κ3) is 4.68. The molecule has 3 rings (SSSR count). The van der Waals surface area contributed by atoms with E-state index in [0.29, 0.717) is 12.5 Å². The first-order valence-corrected chi connectivity index (χ1v) is 9.60. The van der Waals surface area contributed by atoms with E-state index in [-0.39, 0.29) is 5.41 Å². The van der Waals surface area contributed by atoms with Gasteiger partial charge in [0.2, 0.25) is 5.91 Å². The van der Waals surface area contributed by atoms with Crippen LogP contribution in [-0.4, -0.2) is 75.2 Å². The molecule has 6 nitrogen and oxygen atoms in total. The summed E-state index contributed by atoms with van der Waals surface area (Å²) in [5.41, 5.74) is -0.178. The van der Waals surface area contributed by atoms with Crippen molar-refractivity contribution in [2.45, 2.75) is 19.8 Å². The molecule has 0 saturated carbocycles. The molecule has 6 heteroatoms. The van der Waals surface area contributed by atoms with E-state index in [4.69, 9.17) is 9.47 Å². The number of rotatable bonds is 6. The molecule has 2 aliphatic rings. The van der Waals surface area contributed by atoms with Crippen LogP contribution in [0.1, 0.15) is 19.8 Å². The van der Waals surface area contributed by atoms with Crippen molar-refractivity contribution in [2.75, 3.05) is 59.5 Å². The van der Waals surface area contributed by atoms with E-state index in [1.54, 1.807) is 7.11 Å². The average Bonchev–Trinajstić information content (AvgIpc) is 2.69. The Balaban J connectivity index is 1.40. The Morgan fingerprint density at radius 3 is 2.54 bits per heavy atom. The van der Waals surface area contributed by atoms with Crippen molar-refractivity contribution in [3.63, 3.8) is 0 Å². The highest BCUT2D eigenvalue weighted by atomic mass is 16.5. The number of benzene rings is 1. The molecular weight excluding hydrogens is 330 g/mol. The molecule has 0 atom stereocenters. The van der Waals surface area contributed by atoms with Crippen molar-refractivity contribution in [1.29, 1.82) is 0 Å². The molecule has 1 N–H and O–H groups in total. The van der Waals surface area contributed by atoms with Gasteiger partial charge in [-0.3, -0.25) is 9.69 Å². The van der Waals surface area contributed by atoms with Gasteiger partial charge in [-0.2, -0.15) is 0 Å². The third-order valence-corrected chi connectivity index (χ3v) is 5.60. The molecule has 2 fully saturated rings. The summed E-state index contributed by atoms with van der Waals surface area (Å²) in [6.07, 6.45) is 1.89. The van der Waals surface area contributed by atoms with Gasteiger partial charge in [0, 0.05) is 44.2 Å². The number of nitrogens with zero attached hydrogens (tertiary/aromatic N) is 2. The fraction of sp³-hybridized carbons (Fsp3) is 0.650. The largest absolute Gasteiger partial charge is 0.497 e. The third-order valence-electron chi connectivity index (χ3n) is 5.60. The van der Waals surface area contributed by atoms with Crippen molar-refractivity contribution in [2.24, 2.45) is 5.41 Å². The summed E-state index contributed by atoms with van der Waals surface area (Å²) in [7, 11) is 1.66. The maximum Gasteiger partial charge on any atom is 0.228 e. The molecule has 0 unspecified atom stereocenters. The second-order valence-electron chi connectivity index (χ2n) is 7.47. The van der Waals surface area contributed by atoms with Crippen LogP contribution >= 0.6 is 0 Å². The van der Waals surface area contributed by atoms with Crippen LogP contribution < -0.4 is 14.8 Å². The van der Waals surface area contributed by atoms with Crippen LogP contribution in [0.5, 0.6) is 11.5 Å². The Morgan fingerprint density at radius 1 is 1.15 bits per heavy atom. The Hall–Kier alpha value is -1.79. The van der Waals surface area contributed by atoms with Gasteiger partial charge in [0.15, 0.2) is 0 Å². The molecule has 1 amide bonds. The fourth-order valence-corrected chi connectivity index (χ4v) is 3.73. The first-order valence-electron chi connectivity index (χ1n) is 9.60.